The molecule has 1 amide bonds. The number of likely N-dealkylation sites (N-methyl/N-ethyl adjacent to an activating group) is 1. The molecule has 0 aliphatic rings. The van der Waals surface area contributed by atoms with E-state index in [0.717, 1.165) is 10.0 Å². The van der Waals surface area contributed by atoms with Crippen molar-refractivity contribution in [2.24, 2.45) is 0 Å². The second-order valence-corrected chi connectivity index (χ2v) is 4.94. The van der Waals surface area contributed by atoms with Gasteiger partial charge in [0, 0.05) is 13.1 Å². The number of amides is 1. The first-order valence-corrected chi connectivity index (χ1v) is 6.63. The third-order valence-electron chi connectivity index (χ3n) is 2.38. The van der Waals surface area contributed by atoms with E-state index < -0.39 is 0 Å². The number of nitrogens with zero attached hydrogens (tertiary/aromatic N) is 1. The van der Waals surface area contributed by atoms with Crippen LogP contribution >= 0.6 is 15.9 Å². The molecule has 98 valence electrons. The van der Waals surface area contributed by atoms with Crippen LogP contribution in [0.15, 0.2) is 40.9 Å². The lowest BCUT2D eigenvalue weighted by atomic mass is 10.3. The summed E-state index contributed by atoms with van der Waals surface area (Å²) in [4.78, 5) is 13.7. The summed E-state index contributed by atoms with van der Waals surface area (Å²) < 4.78 is 6.34. The molecule has 0 aliphatic carbocycles. The quantitative estimate of drug-likeness (QED) is 0.755. The monoisotopic (exact) mass is 311 g/mol. The lowest BCUT2D eigenvalue weighted by Crippen LogP contribution is -2.35. The minimum Gasteiger partial charge on any atom is -0.483 e. The summed E-state index contributed by atoms with van der Waals surface area (Å²) in [6.07, 6.45) is 0. The zero-order valence-electron chi connectivity index (χ0n) is 10.8. The molecule has 0 heterocycles. The van der Waals surface area contributed by atoms with E-state index in [2.05, 4.69) is 22.5 Å². The summed E-state index contributed by atoms with van der Waals surface area (Å²) in [5.74, 6) is 0.647. The highest BCUT2D eigenvalue weighted by Crippen LogP contribution is 2.23. The smallest absolute Gasteiger partial charge is 0.260 e. The molecule has 0 aliphatic heterocycles. The topological polar surface area (TPSA) is 29.5 Å². The van der Waals surface area contributed by atoms with Crippen molar-refractivity contribution >= 4 is 21.8 Å². The third kappa shape index (κ3) is 4.53. The molecule has 18 heavy (non-hydrogen) atoms. The molecule has 0 bridgehead atoms. The van der Waals surface area contributed by atoms with Crippen molar-refractivity contribution in [1.82, 2.24) is 4.90 Å². The zero-order chi connectivity index (χ0) is 13.5. The number of halogens is 1. The normalized spacial score (nSPS) is 9.94. The summed E-state index contributed by atoms with van der Waals surface area (Å²) in [7, 11) is 0. The van der Waals surface area contributed by atoms with Crippen molar-refractivity contribution in [3.8, 4) is 5.75 Å². The Balaban J connectivity index is 2.54. The Kier molecular flexibility index (Phi) is 5.92. The van der Waals surface area contributed by atoms with E-state index in [1.165, 1.54) is 0 Å². The summed E-state index contributed by atoms with van der Waals surface area (Å²) >= 11 is 3.38. The van der Waals surface area contributed by atoms with E-state index in [4.69, 9.17) is 4.74 Å². The SMILES string of the molecule is C=C(C)CN(CC)C(=O)COc1ccccc1Br. The van der Waals surface area contributed by atoms with E-state index in [-0.39, 0.29) is 12.5 Å². The van der Waals surface area contributed by atoms with Gasteiger partial charge in [0.25, 0.3) is 5.91 Å². The van der Waals surface area contributed by atoms with Gasteiger partial charge in [-0.2, -0.15) is 0 Å². The number of rotatable bonds is 6. The van der Waals surface area contributed by atoms with Gasteiger partial charge in [-0.25, -0.2) is 0 Å². The molecule has 0 aromatic heterocycles. The van der Waals surface area contributed by atoms with Gasteiger partial charge in [0.05, 0.1) is 4.47 Å². The van der Waals surface area contributed by atoms with Crippen LogP contribution in [0.5, 0.6) is 5.75 Å². The minimum atomic E-state index is -0.0312. The van der Waals surface area contributed by atoms with Crippen LogP contribution in [-0.2, 0) is 4.79 Å². The Labute approximate surface area is 117 Å². The summed E-state index contributed by atoms with van der Waals surface area (Å²) in [6, 6.07) is 7.48. The first-order chi connectivity index (χ1) is 8.54. The predicted molar refractivity (Wildman–Crippen MR) is 76.7 cm³/mol. The predicted octanol–water partition coefficient (Wildman–Crippen LogP) is 3.25. The molecule has 0 N–H and O–H groups in total. The Bertz CT molecular complexity index is 432. The first-order valence-electron chi connectivity index (χ1n) is 5.84. The van der Waals surface area contributed by atoms with Crippen molar-refractivity contribution in [1.29, 1.82) is 0 Å². The van der Waals surface area contributed by atoms with Gasteiger partial charge in [-0.1, -0.05) is 24.3 Å². The van der Waals surface area contributed by atoms with Crippen LogP contribution < -0.4 is 4.74 Å². The molecule has 0 unspecified atom stereocenters. The fourth-order valence-corrected chi connectivity index (χ4v) is 1.89. The minimum absolute atomic E-state index is 0.0312. The average molecular weight is 312 g/mol. The highest BCUT2D eigenvalue weighted by molar-refractivity contribution is 9.10. The zero-order valence-corrected chi connectivity index (χ0v) is 12.4. The van der Waals surface area contributed by atoms with Crippen LogP contribution in [0.2, 0.25) is 0 Å². The lowest BCUT2D eigenvalue weighted by Gasteiger charge is -2.21. The molecule has 3 nitrogen and oxygen atoms in total. The molecule has 0 fully saturated rings. The van der Waals surface area contributed by atoms with Crippen LogP contribution in [0.3, 0.4) is 0 Å². The maximum atomic E-state index is 11.9. The van der Waals surface area contributed by atoms with E-state index in [9.17, 15) is 4.79 Å². The van der Waals surface area contributed by atoms with Crippen molar-refractivity contribution in [2.45, 2.75) is 13.8 Å². The Morgan fingerprint density at radius 3 is 2.67 bits per heavy atom. The Hall–Kier alpha value is -1.29. The van der Waals surface area contributed by atoms with Crippen LogP contribution in [0.1, 0.15) is 13.8 Å². The van der Waals surface area contributed by atoms with Gasteiger partial charge in [-0.05, 0) is 41.9 Å². The number of ether oxygens (including phenoxy) is 1. The number of carbonyl (C=O) groups is 1. The van der Waals surface area contributed by atoms with Crippen LogP contribution in [0.4, 0.5) is 0 Å². The number of hydrogen-bond acceptors (Lipinski definition) is 2. The molecule has 0 saturated carbocycles. The number of para-hydroxylation sites is 1. The van der Waals surface area contributed by atoms with Crippen molar-refractivity contribution < 1.29 is 9.53 Å². The Morgan fingerprint density at radius 1 is 1.44 bits per heavy atom. The van der Waals surface area contributed by atoms with E-state index in [1.807, 2.05) is 38.1 Å². The fraction of sp³-hybridized carbons (Fsp3) is 0.357. The van der Waals surface area contributed by atoms with Crippen LogP contribution in [0, 0.1) is 0 Å². The maximum Gasteiger partial charge on any atom is 0.260 e. The van der Waals surface area contributed by atoms with Gasteiger partial charge in [0.1, 0.15) is 5.75 Å². The van der Waals surface area contributed by atoms with Gasteiger partial charge in [-0.3, -0.25) is 4.79 Å². The Morgan fingerprint density at radius 2 is 2.11 bits per heavy atom. The van der Waals surface area contributed by atoms with Gasteiger partial charge in [0.15, 0.2) is 6.61 Å². The molecule has 1 aromatic rings. The third-order valence-corrected chi connectivity index (χ3v) is 3.04. The largest absolute Gasteiger partial charge is 0.483 e. The summed E-state index contributed by atoms with van der Waals surface area (Å²) in [5.41, 5.74) is 0.964. The molecule has 1 rings (SSSR count). The second-order valence-electron chi connectivity index (χ2n) is 4.08. The number of benzene rings is 1. The lowest BCUT2D eigenvalue weighted by molar-refractivity contribution is -0.132. The average Bonchev–Trinajstić information content (AvgIpc) is 2.34. The maximum absolute atomic E-state index is 11.9. The molecular weight excluding hydrogens is 294 g/mol. The molecule has 0 radical (unpaired) electrons. The van der Waals surface area contributed by atoms with Gasteiger partial charge in [0.2, 0.25) is 0 Å². The molecule has 0 atom stereocenters. The highest BCUT2D eigenvalue weighted by atomic mass is 79.9. The van der Waals surface area contributed by atoms with Gasteiger partial charge >= 0.3 is 0 Å². The standard InChI is InChI=1S/C14H18BrNO2/c1-4-16(9-11(2)3)14(17)10-18-13-8-6-5-7-12(13)15/h5-8H,2,4,9-10H2,1,3H3. The molecule has 1 aromatic carbocycles. The molecule has 0 saturated heterocycles. The first kappa shape index (κ1) is 14.8. The van der Waals surface area contributed by atoms with Crippen LogP contribution in [-0.4, -0.2) is 30.5 Å². The van der Waals surface area contributed by atoms with E-state index >= 15 is 0 Å². The van der Waals surface area contributed by atoms with Crippen LogP contribution in [0.25, 0.3) is 0 Å². The van der Waals surface area contributed by atoms with Crippen molar-refractivity contribution in [3.63, 3.8) is 0 Å². The molecular formula is C14H18BrNO2. The van der Waals surface area contributed by atoms with E-state index in [0.29, 0.717) is 18.8 Å². The van der Waals surface area contributed by atoms with E-state index in [1.54, 1.807) is 4.90 Å². The van der Waals surface area contributed by atoms with Crippen molar-refractivity contribution in [2.75, 3.05) is 19.7 Å². The van der Waals surface area contributed by atoms with Crippen molar-refractivity contribution in [3.05, 3.63) is 40.9 Å². The number of carbonyl (C=O) groups excluding carboxylic acids is 1. The second kappa shape index (κ2) is 7.21. The highest BCUT2D eigenvalue weighted by Gasteiger charge is 2.12. The van der Waals surface area contributed by atoms with Gasteiger partial charge < -0.3 is 9.64 Å². The molecule has 0 spiro atoms. The molecule has 4 heteroatoms. The number of hydrogen-bond donors (Lipinski definition) is 0. The summed E-state index contributed by atoms with van der Waals surface area (Å²) in [6.45, 7) is 8.95. The fourth-order valence-electron chi connectivity index (χ4n) is 1.49. The van der Waals surface area contributed by atoms with Gasteiger partial charge in [-0.15, -0.1) is 0 Å². The summed E-state index contributed by atoms with van der Waals surface area (Å²) in [5, 5.41) is 0.